The third-order valence-electron chi connectivity index (χ3n) is 4.87. The number of aliphatic hydroxyl groups is 1. The molecule has 142 valence electrons. The van der Waals surface area contributed by atoms with Gasteiger partial charge in [-0.25, -0.2) is 4.99 Å². The Labute approximate surface area is 178 Å². The van der Waals surface area contributed by atoms with Crippen LogP contribution >= 0.6 is 27.5 Å². The molecular weight excluding hydrogens is 436 g/mol. The van der Waals surface area contributed by atoms with E-state index in [2.05, 4.69) is 57.2 Å². The number of fused-ring (bicyclic) bond motifs is 1. The van der Waals surface area contributed by atoms with Crippen LogP contribution in [-0.4, -0.2) is 29.0 Å². The maximum absolute atomic E-state index is 9.49. The molecule has 1 unspecified atom stereocenters. The first kappa shape index (κ1) is 19.2. The van der Waals surface area contributed by atoms with Gasteiger partial charge in [0, 0.05) is 33.8 Å². The lowest BCUT2D eigenvalue weighted by Crippen LogP contribution is -2.39. The summed E-state index contributed by atoms with van der Waals surface area (Å²) < 4.78 is 1.03. The number of hydrogen-bond donors (Lipinski definition) is 1. The quantitative estimate of drug-likeness (QED) is 0.514. The molecule has 0 fully saturated rings. The van der Waals surface area contributed by atoms with E-state index in [0.29, 0.717) is 18.0 Å². The van der Waals surface area contributed by atoms with Gasteiger partial charge >= 0.3 is 0 Å². The molecule has 1 heterocycles. The zero-order valence-corrected chi connectivity index (χ0v) is 17.6. The van der Waals surface area contributed by atoms with Crippen LogP contribution in [0.15, 0.2) is 82.3 Å². The van der Waals surface area contributed by atoms with Crippen molar-refractivity contribution >= 4 is 39.1 Å². The smallest absolute Gasteiger partial charge is 0.137 e. The van der Waals surface area contributed by atoms with Crippen molar-refractivity contribution < 1.29 is 5.11 Å². The van der Waals surface area contributed by atoms with Gasteiger partial charge in [0.2, 0.25) is 0 Å². The van der Waals surface area contributed by atoms with Crippen LogP contribution in [0.2, 0.25) is 5.02 Å². The minimum Gasteiger partial charge on any atom is -0.396 e. The van der Waals surface area contributed by atoms with E-state index in [0.717, 1.165) is 27.1 Å². The van der Waals surface area contributed by atoms with Gasteiger partial charge in [0.15, 0.2) is 0 Å². The lowest BCUT2D eigenvalue weighted by molar-refractivity contribution is 0.254. The molecule has 3 aromatic rings. The molecule has 0 bridgehead atoms. The van der Waals surface area contributed by atoms with Crippen molar-refractivity contribution in [3.05, 3.63) is 99.0 Å². The van der Waals surface area contributed by atoms with Crippen LogP contribution in [-0.2, 0) is 0 Å². The van der Waals surface area contributed by atoms with Gasteiger partial charge in [0.1, 0.15) is 5.84 Å². The van der Waals surface area contributed by atoms with E-state index >= 15 is 0 Å². The van der Waals surface area contributed by atoms with E-state index in [1.807, 2.05) is 36.4 Å². The Bertz CT molecular complexity index is 989. The van der Waals surface area contributed by atoms with Crippen molar-refractivity contribution in [3.63, 3.8) is 0 Å². The highest BCUT2D eigenvalue weighted by molar-refractivity contribution is 9.10. The number of amidine groups is 1. The zero-order valence-electron chi connectivity index (χ0n) is 15.2. The molecule has 0 radical (unpaired) electrons. The first-order chi connectivity index (χ1) is 13.7. The van der Waals surface area contributed by atoms with Crippen molar-refractivity contribution in [2.45, 2.75) is 12.5 Å². The van der Waals surface area contributed by atoms with Crippen molar-refractivity contribution in [3.8, 4) is 0 Å². The van der Waals surface area contributed by atoms with Gasteiger partial charge in [-0.2, -0.15) is 0 Å². The molecule has 1 aliphatic heterocycles. The number of aliphatic hydroxyl groups excluding tert-OH is 1. The van der Waals surface area contributed by atoms with Crippen LogP contribution in [0.5, 0.6) is 0 Å². The van der Waals surface area contributed by atoms with E-state index in [1.54, 1.807) is 0 Å². The maximum Gasteiger partial charge on any atom is 0.137 e. The summed E-state index contributed by atoms with van der Waals surface area (Å²) >= 11 is 9.71. The monoisotopic (exact) mass is 454 g/mol. The number of nitrogens with zero attached hydrogens (tertiary/aromatic N) is 2. The lowest BCUT2D eigenvalue weighted by Gasteiger charge is -2.39. The summed E-state index contributed by atoms with van der Waals surface area (Å²) in [5.41, 5.74) is 4.32. The lowest BCUT2D eigenvalue weighted by atomic mass is 9.92. The fourth-order valence-electron chi connectivity index (χ4n) is 3.61. The van der Waals surface area contributed by atoms with Crippen molar-refractivity contribution in [1.82, 2.24) is 4.90 Å². The second-order valence-corrected chi connectivity index (χ2v) is 8.08. The number of benzene rings is 3. The fourth-order valence-corrected chi connectivity index (χ4v) is 4.12. The highest BCUT2D eigenvalue weighted by Gasteiger charge is 2.31. The van der Waals surface area contributed by atoms with Crippen molar-refractivity contribution in [2.24, 2.45) is 4.99 Å². The fraction of sp³-hybridized carbons (Fsp3) is 0.174. The first-order valence-electron chi connectivity index (χ1n) is 9.24. The van der Waals surface area contributed by atoms with Gasteiger partial charge in [-0.1, -0.05) is 57.9 Å². The molecule has 0 aromatic heterocycles. The highest BCUT2D eigenvalue weighted by atomic mass is 79.9. The molecule has 0 aliphatic carbocycles. The van der Waals surface area contributed by atoms with Crippen molar-refractivity contribution in [2.75, 3.05) is 13.2 Å². The van der Waals surface area contributed by atoms with Crippen LogP contribution < -0.4 is 0 Å². The van der Waals surface area contributed by atoms with Crippen LogP contribution in [0.25, 0.3) is 0 Å². The standard InChI is InChI=1S/C23H20BrClN2O/c24-18-9-12-21-20(15-18)22(16-5-2-1-3-6-16)27(13-4-14-28)23(26-21)17-7-10-19(25)11-8-17/h1-3,5-12,15,22,28H,4,13-14H2. The molecule has 0 amide bonds. The third-order valence-corrected chi connectivity index (χ3v) is 5.61. The van der Waals surface area contributed by atoms with Crippen LogP contribution in [0.3, 0.4) is 0 Å². The summed E-state index contributed by atoms with van der Waals surface area (Å²) in [5.74, 6) is 0.897. The summed E-state index contributed by atoms with van der Waals surface area (Å²) in [6, 6.07) is 24.4. The van der Waals surface area contributed by atoms with Gasteiger partial charge in [-0.3, -0.25) is 0 Å². The molecule has 0 spiro atoms. The van der Waals surface area contributed by atoms with Crippen LogP contribution in [0.1, 0.15) is 29.2 Å². The Morgan fingerprint density at radius 1 is 1.00 bits per heavy atom. The minimum atomic E-state index is 0.0171. The van der Waals surface area contributed by atoms with Crippen LogP contribution in [0.4, 0.5) is 5.69 Å². The van der Waals surface area contributed by atoms with Crippen LogP contribution in [0, 0.1) is 0 Å². The Hall–Kier alpha value is -2.14. The van der Waals surface area contributed by atoms with Gasteiger partial charge in [0.25, 0.3) is 0 Å². The molecule has 0 saturated carbocycles. The normalized spacial score (nSPS) is 15.9. The highest BCUT2D eigenvalue weighted by Crippen LogP contribution is 2.41. The Morgan fingerprint density at radius 2 is 1.75 bits per heavy atom. The first-order valence-corrected chi connectivity index (χ1v) is 10.4. The molecule has 1 aliphatic rings. The van der Waals surface area contributed by atoms with E-state index in [9.17, 15) is 5.11 Å². The van der Waals surface area contributed by atoms with E-state index in [1.165, 1.54) is 5.56 Å². The number of aliphatic imine (C=N–C) groups is 1. The van der Waals surface area contributed by atoms with E-state index < -0.39 is 0 Å². The predicted molar refractivity (Wildman–Crippen MR) is 118 cm³/mol. The summed E-state index contributed by atoms with van der Waals surface area (Å²) in [7, 11) is 0. The minimum absolute atomic E-state index is 0.0171. The summed E-state index contributed by atoms with van der Waals surface area (Å²) in [5, 5.41) is 10.2. The topological polar surface area (TPSA) is 35.8 Å². The Kier molecular flexibility index (Phi) is 5.81. The van der Waals surface area contributed by atoms with Gasteiger partial charge in [0.05, 0.1) is 11.7 Å². The Morgan fingerprint density at radius 3 is 2.46 bits per heavy atom. The molecule has 3 nitrogen and oxygen atoms in total. The number of rotatable bonds is 5. The maximum atomic E-state index is 9.49. The predicted octanol–water partition coefficient (Wildman–Crippen LogP) is 5.97. The molecule has 5 heteroatoms. The molecule has 1 atom stereocenters. The largest absolute Gasteiger partial charge is 0.396 e. The third kappa shape index (κ3) is 3.86. The number of halogens is 2. The average Bonchev–Trinajstić information content (AvgIpc) is 2.72. The Balaban J connectivity index is 1.91. The SMILES string of the molecule is OCCCN1C(c2ccc(Cl)cc2)=Nc2ccc(Br)cc2C1c1ccccc1. The summed E-state index contributed by atoms with van der Waals surface area (Å²) in [6.45, 7) is 0.834. The second-order valence-electron chi connectivity index (χ2n) is 6.73. The van der Waals surface area contributed by atoms with Gasteiger partial charge in [-0.15, -0.1) is 0 Å². The molecular formula is C23H20BrClN2O. The molecule has 1 N–H and O–H groups in total. The second kappa shape index (κ2) is 8.48. The summed E-state index contributed by atoms with van der Waals surface area (Å²) in [6.07, 6.45) is 0.666. The van der Waals surface area contributed by atoms with Gasteiger partial charge in [-0.05, 0) is 54.4 Å². The zero-order chi connectivity index (χ0) is 19.5. The van der Waals surface area contributed by atoms with Crippen molar-refractivity contribution in [1.29, 1.82) is 0 Å². The molecule has 3 aromatic carbocycles. The number of hydrogen-bond acceptors (Lipinski definition) is 3. The average molecular weight is 456 g/mol. The molecule has 4 rings (SSSR count). The molecule has 0 saturated heterocycles. The molecule has 28 heavy (non-hydrogen) atoms. The van der Waals surface area contributed by atoms with E-state index in [-0.39, 0.29) is 12.6 Å². The summed E-state index contributed by atoms with van der Waals surface area (Å²) in [4.78, 5) is 7.27. The van der Waals surface area contributed by atoms with E-state index in [4.69, 9.17) is 16.6 Å². The van der Waals surface area contributed by atoms with Gasteiger partial charge < -0.3 is 10.0 Å².